The molecule has 0 saturated carbocycles. The lowest BCUT2D eigenvalue weighted by Gasteiger charge is -2.04. The summed E-state index contributed by atoms with van der Waals surface area (Å²) in [5.74, 6) is 0.962. The Labute approximate surface area is 91.9 Å². The van der Waals surface area contributed by atoms with Gasteiger partial charge >= 0.3 is 0 Å². The number of rotatable bonds is 2. The van der Waals surface area contributed by atoms with Crippen LogP contribution in [0.25, 0.3) is 0 Å². The average Bonchev–Trinajstić information content (AvgIpc) is 2.65. The fraction of sp³-hybridized carbons (Fsp3) is 0.400. The van der Waals surface area contributed by atoms with E-state index in [1.807, 2.05) is 0 Å². The zero-order valence-electron chi connectivity index (χ0n) is 9.39. The van der Waals surface area contributed by atoms with Crippen molar-refractivity contribution in [1.82, 2.24) is 19.7 Å². The minimum absolute atomic E-state index is 0.0802. The van der Waals surface area contributed by atoms with Crippen LogP contribution in [0.4, 0.5) is 0 Å². The predicted molar refractivity (Wildman–Crippen MR) is 56.1 cm³/mol. The maximum atomic E-state index is 11.8. The van der Waals surface area contributed by atoms with Gasteiger partial charge in [-0.2, -0.15) is 4.98 Å². The molecule has 0 atom stereocenters. The molecule has 0 amide bonds. The molecule has 0 aliphatic carbocycles. The van der Waals surface area contributed by atoms with E-state index in [9.17, 15) is 4.79 Å². The van der Waals surface area contributed by atoms with Crippen molar-refractivity contribution in [2.75, 3.05) is 0 Å². The first-order chi connectivity index (χ1) is 7.58. The smallest absolute Gasteiger partial charge is 0.256 e. The van der Waals surface area contributed by atoms with Gasteiger partial charge in [-0.25, -0.2) is 4.98 Å². The Morgan fingerprint density at radius 1 is 1.38 bits per heavy atom. The van der Waals surface area contributed by atoms with E-state index in [0.29, 0.717) is 17.3 Å². The minimum atomic E-state index is -0.0802. The molecular weight excluding hydrogens is 208 g/mol. The van der Waals surface area contributed by atoms with Crippen LogP contribution in [0.3, 0.4) is 0 Å². The minimum Gasteiger partial charge on any atom is -0.337 e. The molecule has 6 heteroatoms. The molecule has 0 spiro atoms. The molecule has 0 saturated heterocycles. The average molecular weight is 220 g/mol. The number of hydrogen-bond donors (Lipinski definition) is 0. The molecule has 0 radical (unpaired) electrons. The zero-order chi connectivity index (χ0) is 11.7. The van der Waals surface area contributed by atoms with Gasteiger partial charge in [0.25, 0.3) is 5.56 Å². The fourth-order valence-electron chi connectivity index (χ4n) is 1.34. The molecule has 0 aliphatic rings. The lowest BCUT2D eigenvalue weighted by molar-refractivity contribution is 0.365. The Kier molecular flexibility index (Phi) is 2.55. The van der Waals surface area contributed by atoms with Gasteiger partial charge in [-0.3, -0.25) is 9.36 Å². The van der Waals surface area contributed by atoms with E-state index in [-0.39, 0.29) is 12.1 Å². The van der Waals surface area contributed by atoms with Crippen molar-refractivity contribution in [2.45, 2.75) is 27.3 Å². The highest BCUT2D eigenvalue weighted by atomic mass is 16.5. The topological polar surface area (TPSA) is 73.8 Å². The summed E-state index contributed by atoms with van der Waals surface area (Å²) in [6, 6.07) is 0. The van der Waals surface area contributed by atoms with Gasteiger partial charge in [0, 0.05) is 11.3 Å². The standard InChI is InChI=1S/C10H12N4O2/c1-6-7(2)11-5-14(10(6)15)4-9-12-8(3)13-16-9/h5H,4H2,1-3H3. The molecule has 84 valence electrons. The molecule has 2 rings (SSSR count). The molecule has 0 aliphatic heterocycles. The molecule has 0 unspecified atom stereocenters. The Morgan fingerprint density at radius 3 is 2.75 bits per heavy atom. The van der Waals surface area contributed by atoms with Gasteiger partial charge in [0.1, 0.15) is 6.54 Å². The Morgan fingerprint density at radius 2 is 2.12 bits per heavy atom. The first kappa shape index (κ1) is 10.5. The second-order valence-electron chi connectivity index (χ2n) is 3.62. The lowest BCUT2D eigenvalue weighted by Crippen LogP contribution is -2.24. The first-order valence-corrected chi connectivity index (χ1v) is 4.90. The van der Waals surface area contributed by atoms with Crippen LogP contribution in [0.2, 0.25) is 0 Å². The molecule has 0 N–H and O–H groups in total. The summed E-state index contributed by atoms with van der Waals surface area (Å²) >= 11 is 0. The van der Waals surface area contributed by atoms with Gasteiger partial charge in [0.2, 0.25) is 5.89 Å². The highest BCUT2D eigenvalue weighted by Crippen LogP contribution is 1.99. The second kappa shape index (κ2) is 3.88. The maximum absolute atomic E-state index is 11.8. The maximum Gasteiger partial charge on any atom is 0.256 e. The SMILES string of the molecule is Cc1noc(Cn2cnc(C)c(C)c2=O)n1. The quantitative estimate of drug-likeness (QED) is 0.740. The number of aryl methyl sites for hydroxylation is 2. The van der Waals surface area contributed by atoms with E-state index >= 15 is 0 Å². The van der Waals surface area contributed by atoms with Crippen molar-refractivity contribution in [3.63, 3.8) is 0 Å². The molecule has 0 fully saturated rings. The predicted octanol–water partition coefficient (Wildman–Crippen LogP) is 0.600. The van der Waals surface area contributed by atoms with Gasteiger partial charge in [0.05, 0.1) is 6.33 Å². The van der Waals surface area contributed by atoms with Crippen LogP contribution < -0.4 is 5.56 Å². The van der Waals surface area contributed by atoms with Gasteiger partial charge in [-0.1, -0.05) is 5.16 Å². The number of hydrogen-bond acceptors (Lipinski definition) is 5. The third kappa shape index (κ3) is 1.86. The molecule has 0 bridgehead atoms. The van der Waals surface area contributed by atoms with E-state index in [1.165, 1.54) is 10.9 Å². The summed E-state index contributed by atoms with van der Waals surface area (Å²) in [6.07, 6.45) is 1.49. The normalized spacial score (nSPS) is 10.7. The number of aromatic nitrogens is 4. The van der Waals surface area contributed by atoms with Gasteiger partial charge in [0.15, 0.2) is 5.82 Å². The van der Waals surface area contributed by atoms with Crippen molar-refractivity contribution >= 4 is 0 Å². The largest absolute Gasteiger partial charge is 0.337 e. The zero-order valence-corrected chi connectivity index (χ0v) is 9.39. The van der Waals surface area contributed by atoms with Crippen molar-refractivity contribution in [1.29, 1.82) is 0 Å². The van der Waals surface area contributed by atoms with Crippen LogP contribution in [0, 0.1) is 20.8 Å². The van der Waals surface area contributed by atoms with Crippen LogP contribution in [-0.2, 0) is 6.54 Å². The third-order valence-corrected chi connectivity index (χ3v) is 2.39. The Balaban J connectivity index is 2.36. The lowest BCUT2D eigenvalue weighted by atomic mass is 10.3. The summed E-state index contributed by atoms with van der Waals surface area (Å²) in [5, 5.41) is 3.66. The number of nitrogens with zero attached hydrogens (tertiary/aromatic N) is 4. The van der Waals surface area contributed by atoms with Crippen LogP contribution >= 0.6 is 0 Å². The van der Waals surface area contributed by atoms with E-state index in [0.717, 1.165) is 5.69 Å². The van der Waals surface area contributed by atoms with Crippen molar-refractivity contribution < 1.29 is 4.52 Å². The van der Waals surface area contributed by atoms with E-state index in [2.05, 4.69) is 15.1 Å². The van der Waals surface area contributed by atoms with Crippen LogP contribution in [0.15, 0.2) is 15.6 Å². The Hall–Kier alpha value is -1.98. The van der Waals surface area contributed by atoms with Gasteiger partial charge in [-0.15, -0.1) is 0 Å². The first-order valence-electron chi connectivity index (χ1n) is 4.90. The van der Waals surface area contributed by atoms with Crippen molar-refractivity contribution in [3.05, 3.63) is 39.7 Å². The summed E-state index contributed by atoms with van der Waals surface area (Å²) in [7, 11) is 0. The Bertz CT molecular complexity index is 570. The molecule has 2 aromatic heterocycles. The highest BCUT2D eigenvalue weighted by molar-refractivity contribution is 5.12. The van der Waals surface area contributed by atoms with Crippen LogP contribution in [0.1, 0.15) is 23.0 Å². The monoisotopic (exact) mass is 220 g/mol. The van der Waals surface area contributed by atoms with Crippen molar-refractivity contribution in [2.24, 2.45) is 0 Å². The molecular formula is C10H12N4O2. The second-order valence-corrected chi connectivity index (χ2v) is 3.62. The highest BCUT2D eigenvalue weighted by Gasteiger charge is 2.08. The molecule has 0 aromatic carbocycles. The summed E-state index contributed by atoms with van der Waals surface area (Å²) in [5.41, 5.74) is 1.30. The summed E-state index contributed by atoms with van der Waals surface area (Å²) in [6.45, 7) is 5.54. The van der Waals surface area contributed by atoms with Gasteiger partial charge in [-0.05, 0) is 20.8 Å². The molecule has 6 nitrogen and oxygen atoms in total. The van der Waals surface area contributed by atoms with Crippen molar-refractivity contribution in [3.8, 4) is 0 Å². The van der Waals surface area contributed by atoms with E-state index in [1.54, 1.807) is 20.8 Å². The summed E-state index contributed by atoms with van der Waals surface area (Å²) in [4.78, 5) is 20.0. The van der Waals surface area contributed by atoms with E-state index in [4.69, 9.17) is 4.52 Å². The fourth-order valence-corrected chi connectivity index (χ4v) is 1.34. The summed E-state index contributed by atoms with van der Waals surface area (Å²) < 4.78 is 6.40. The van der Waals surface area contributed by atoms with Gasteiger partial charge < -0.3 is 4.52 Å². The molecule has 16 heavy (non-hydrogen) atoms. The third-order valence-electron chi connectivity index (χ3n) is 2.39. The van der Waals surface area contributed by atoms with Crippen LogP contribution in [0.5, 0.6) is 0 Å². The molecule has 2 heterocycles. The van der Waals surface area contributed by atoms with Crippen LogP contribution in [-0.4, -0.2) is 19.7 Å². The molecule has 2 aromatic rings. The van der Waals surface area contributed by atoms with E-state index < -0.39 is 0 Å².